The summed E-state index contributed by atoms with van der Waals surface area (Å²) in [7, 11) is 9.61. The molecule has 0 amide bonds. The van der Waals surface area contributed by atoms with Crippen LogP contribution < -0.4 is 9.80 Å². The number of aromatic nitrogens is 3. The smallest absolute Gasteiger partial charge is 0.229 e. The van der Waals surface area contributed by atoms with E-state index in [0.29, 0.717) is 17.8 Å². The standard InChI is InChI=1S/C18H34N6O/c1-17(2)11-13(12-18(3,4)24(17)25-9)10-14-19-15(22(5)6)21-16(20-14)23(7)8/h13H,10-12H2,1-9H3. The average molecular weight is 351 g/mol. The first-order valence-corrected chi connectivity index (χ1v) is 8.90. The summed E-state index contributed by atoms with van der Waals surface area (Å²) in [6.07, 6.45) is 2.95. The fourth-order valence-corrected chi connectivity index (χ4v) is 4.25. The molecule has 2 heterocycles. The lowest BCUT2D eigenvalue weighted by Crippen LogP contribution is -2.60. The molecule has 1 aliphatic rings. The molecule has 0 atom stereocenters. The maximum Gasteiger partial charge on any atom is 0.229 e. The van der Waals surface area contributed by atoms with Crippen LogP contribution in [0.1, 0.15) is 46.4 Å². The van der Waals surface area contributed by atoms with Gasteiger partial charge in [-0.2, -0.15) is 20.0 Å². The van der Waals surface area contributed by atoms with Crippen molar-refractivity contribution in [2.45, 2.75) is 58.0 Å². The molecule has 7 heteroatoms. The van der Waals surface area contributed by atoms with Crippen molar-refractivity contribution < 1.29 is 4.84 Å². The summed E-state index contributed by atoms with van der Waals surface area (Å²) in [5, 5.41) is 2.14. The highest BCUT2D eigenvalue weighted by atomic mass is 16.7. The normalized spacial score (nSPS) is 20.5. The maximum atomic E-state index is 5.70. The van der Waals surface area contributed by atoms with E-state index in [1.165, 1.54) is 0 Å². The van der Waals surface area contributed by atoms with E-state index in [0.717, 1.165) is 25.1 Å². The largest absolute Gasteiger partial charge is 0.347 e. The minimum atomic E-state index is -0.0248. The van der Waals surface area contributed by atoms with Gasteiger partial charge in [0.05, 0.1) is 7.11 Å². The SMILES string of the molecule is CON1C(C)(C)CC(Cc2nc(N(C)C)nc(N(C)C)n2)CC1(C)C. The van der Waals surface area contributed by atoms with E-state index in [4.69, 9.17) is 4.84 Å². The van der Waals surface area contributed by atoms with Crippen LogP contribution in [0.2, 0.25) is 0 Å². The minimum absolute atomic E-state index is 0.0248. The Morgan fingerprint density at radius 2 is 1.36 bits per heavy atom. The van der Waals surface area contributed by atoms with Gasteiger partial charge in [0.1, 0.15) is 5.82 Å². The highest BCUT2D eigenvalue weighted by Crippen LogP contribution is 2.42. The third kappa shape index (κ3) is 4.39. The molecule has 7 nitrogen and oxygen atoms in total. The fourth-order valence-electron chi connectivity index (χ4n) is 4.25. The van der Waals surface area contributed by atoms with Gasteiger partial charge in [0.25, 0.3) is 0 Å². The molecule has 0 spiro atoms. The fraction of sp³-hybridized carbons (Fsp3) is 0.833. The Morgan fingerprint density at radius 3 is 1.72 bits per heavy atom. The van der Waals surface area contributed by atoms with Crippen LogP contribution in [0.3, 0.4) is 0 Å². The molecule has 1 aliphatic heterocycles. The van der Waals surface area contributed by atoms with Gasteiger partial charge in [-0.15, -0.1) is 0 Å². The van der Waals surface area contributed by atoms with Gasteiger partial charge in [0, 0.05) is 45.7 Å². The predicted octanol–water partition coefficient (Wildman–Crippen LogP) is 2.38. The topological polar surface area (TPSA) is 57.6 Å². The van der Waals surface area contributed by atoms with Crippen LogP contribution in [-0.4, -0.2) is 66.4 Å². The molecule has 0 unspecified atom stereocenters. The van der Waals surface area contributed by atoms with Crippen molar-refractivity contribution in [3.63, 3.8) is 0 Å². The van der Waals surface area contributed by atoms with Crippen LogP contribution in [0.4, 0.5) is 11.9 Å². The number of piperidine rings is 1. The highest BCUT2D eigenvalue weighted by molar-refractivity contribution is 5.36. The van der Waals surface area contributed by atoms with Gasteiger partial charge in [-0.1, -0.05) is 0 Å². The molecule has 0 radical (unpaired) electrons. The molecule has 0 aromatic carbocycles. The number of nitrogens with zero attached hydrogens (tertiary/aromatic N) is 6. The first-order chi connectivity index (χ1) is 11.5. The number of hydrogen-bond donors (Lipinski definition) is 0. The second-order valence-electron chi connectivity index (χ2n) is 8.72. The van der Waals surface area contributed by atoms with E-state index in [1.54, 1.807) is 7.11 Å². The molecule has 2 rings (SSSR count). The van der Waals surface area contributed by atoms with E-state index < -0.39 is 0 Å². The van der Waals surface area contributed by atoms with Crippen LogP contribution in [-0.2, 0) is 11.3 Å². The highest BCUT2D eigenvalue weighted by Gasteiger charge is 2.46. The summed E-state index contributed by atoms with van der Waals surface area (Å²) in [4.78, 5) is 23.4. The van der Waals surface area contributed by atoms with E-state index in [-0.39, 0.29) is 11.1 Å². The van der Waals surface area contributed by atoms with Crippen molar-refractivity contribution in [2.75, 3.05) is 45.1 Å². The van der Waals surface area contributed by atoms with E-state index in [9.17, 15) is 0 Å². The van der Waals surface area contributed by atoms with Gasteiger partial charge in [0.2, 0.25) is 11.9 Å². The minimum Gasteiger partial charge on any atom is -0.347 e. The Morgan fingerprint density at radius 1 is 0.920 bits per heavy atom. The zero-order valence-corrected chi connectivity index (χ0v) is 17.3. The number of anilines is 2. The molecular weight excluding hydrogens is 316 g/mol. The van der Waals surface area contributed by atoms with Crippen molar-refractivity contribution in [3.8, 4) is 0 Å². The lowest BCUT2D eigenvalue weighted by molar-refractivity contribution is -0.271. The van der Waals surface area contributed by atoms with E-state index >= 15 is 0 Å². The Bertz CT molecular complexity index is 555. The Labute approximate surface area is 152 Å². The molecule has 1 aromatic rings. The van der Waals surface area contributed by atoms with Gasteiger partial charge in [0.15, 0.2) is 0 Å². The van der Waals surface area contributed by atoms with Crippen molar-refractivity contribution >= 4 is 11.9 Å². The van der Waals surface area contributed by atoms with Crippen molar-refractivity contribution in [2.24, 2.45) is 5.92 Å². The molecule has 1 saturated heterocycles. The summed E-state index contributed by atoms with van der Waals surface area (Å²) in [5.41, 5.74) is -0.0497. The average Bonchev–Trinajstić information content (AvgIpc) is 2.44. The summed E-state index contributed by atoms with van der Waals surface area (Å²) in [5.74, 6) is 2.79. The summed E-state index contributed by atoms with van der Waals surface area (Å²) in [6, 6.07) is 0. The zero-order valence-electron chi connectivity index (χ0n) is 17.3. The Hall–Kier alpha value is -1.47. The van der Waals surface area contributed by atoms with Gasteiger partial charge in [-0.3, -0.25) is 0 Å². The van der Waals surface area contributed by atoms with Crippen LogP contribution in [0.5, 0.6) is 0 Å². The molecule has 25 heavy (non-hydrogen) atoms. The third-order valence-corrected chi connectivity index (χ3v) is 4.79. The summed E-state index contributed by atoms with van der Waals surface area (Å²) >= 11 is 0. The maximum absolute atomic E-state index is 5.70. The molecule has 1 aromatic heterocycles. The van der Waals surface area contributed by atoms with Crippen LogP contribution in [0.25, 0.3) is 0 Å². The Balaban J connectivity index is 2.27. The second-order valence-corrected chi connectivity index (χ2v) is 8.72. The third-order valence-electron chi connectivity index (χ3n) is 4.79. The first kappa shape index (κ1) is 19.8. The van der Waals surface area contributed by atoms with Crippen molar-refractivity contribution in [3.05, 3.63) is 5.82 Å². The number of hydrogen-bond acceptors (Lipinski definition) is 7. The van der Waals surface area contributed by atoms with Gasteiger partial charge < -0.3 is 14.6 Å². The monoisotopic (exact) mass is 350 g/mol. The van der Waals surface area contributed by atoms with Crippen LogP contribution in [0, 0.1) is 5.92 Å². The second kappa shape index (κ2) is 7.03. The van der Waals surface area contributed by atoms with Crippen molar-refractivity contribution in [1.29, 1.82) is 0 Å². The van der Waals surface area contributed by atoms with Crippen LogP contribution >= 0.6 is 0 Å². The summed E-state index contributed by atoms with van der Waals surface area (Å²) in [6.45, 7) is 8.98. The van der Waals surface area contributed by atoms with Crippen LogP contribution in [0.15, 0.2) is 0 Å². The Kier molecular flexibility index (Phi) is 5.59. The summed E-state index contributed by atoms with van der Waals surface area (Å²) < 4.78 is 0. The van der Waals surface area contributed by atoms with E-state index in [2.05, 4.69) is 47.7 Å². The molecule has 0 aliphatic carbocycles. The molecule has 0 saturated carbocycles. The first-order valence-electron chi connectivity index (χ1n) is 8.90. The van der Waals surface area contributed by atoms with Gasteiger partial charge in [-0.05, 0) is 46.5 Å². The lowest BCUT2D eigenvalue weighted by atomic mass is 9.74. The number of rotatable bonds is 5. The quantitative estimate of drug-likeness (QED) is 0.808. The van der Waals surface area contributed by atoms with E-state index in [1.807, 2.05) is 38.0 Å². The molecular formula is C18H34N6O. The van der Waals surface area contributed by atoms with Gasteiger partial charge >= 0.3 is 0 Å². The predicted molar refractivity (Wildman–Crippen MR) is 102 cm³/mol. The van der Waals surface area contributed by atoms with Crippen molar-refractivity contribution in [1.82, 2.24) is 20.0 Å². The number of hydroxylamine groups is 2. The molecule has 142 valence electrons. The lowest BCUT2D eigenvalue weighted by Gasteiger charge is -2.53. The molecule has 1 fully saturated rings. The van der Waals surface area contributed by atoms with Gasteiger partial charge in [-0.25, -0.2) is 0 Å². The molecule has 0 N–H and O–H groups in total. The zero-order chi connectivity index (χ0) is 19.0. The molecule has 0 bridgehead atoms.